The van der Waals surface area contributed by atoms with Gasteiger partial charge >= 0.3 is 12.7 Å². The van der Waals surface area contributed by atoms with Crippen LogP contribution in [0.1, 0.15) is 44.9 Å². The number of carbonyl (C=O) groups is 1. The van der Waals surface area contributed by atoms with Crippen LogP contribution in [0, 0.1) is 6.92 Å². The molecule has 7 heteroatoms. The average molecular weight is 341 g/mol. The number of alkyl halides is 2. The minimum atomic E-state index is -3.01. The first kappa shape index (κ1) is 18.2. The number of rotatable bonds is 3. The number of ether oxygens (including phenoxy) is 2. The molecule has 0 amide bonds. The molecule has 5 nitrogen and oxygen atoms in total. The highest BCUT2D eigenvalue weighted by Gasteiger charge is 2.24. The Labute approximate surface area is 138 Å². The molecule has 0 aliphatic heterocycles. The number of halogens is 2. The van der Waals surface area contributed by atoms with Gasteiger partial charge in [-0.1, -0.05) is 0 Å². The molecule has 1 atom stereocenters. The minimum Gasteiger partial charge on any atom is -0.443 e. The molecule has 1 heterocycles. The van der Waals surface area contributed by atoms with Gasteiger partial charge in [-0.2, -0.15) is 8.78 Å². The van der Waals surface area contributed by atoms with Crippen LogP contribution in [-0.2, 0) is 4.74 Å². The van der Waals surface area contributed by atoms with Crippen molar-refractivity contribution < 1.29 is 28.2 Å². The number of aryl methyl sites for hydroxylation is 1. The van der Waals surface area contributed by atoms with E-state index in [1.54, 1.807) is 33.8 Å². The number of nitrogens with zero attached hydrogens (tertiary/aromatic N) is 1. The van der Waals surface area contributed by atoms with Crippen LogP contribution in [0.25, 0.3) is 10.9 Å². The van der Waals surface area contributed by atoms with Crippen molar-refractivity contribution in [2.24, 2.45) is 0 Å². The largest absolute Gasteiger partial charge is 0.443 e. The van der Waals surface area contributed by atoms with E-state index < -0.39 is 24.4 Å². The van der Waals surface area contributed by atoms with Gasteiger partial charge in [0.05, 0.1) is 11.6 Å². The van der Waals surface area contributed by atoms with Gasteiger partial charge < -0.3 is 14.6 Å². The van der Waals surface area contributed by atoms with Crippen molar-refractivity contribution in [3.8, 4) is 5.75 Å². The predicted octanol–water partition coefficient (Wildman–Crippen LogP) is 4.39. The third-order valence-electron chi connectivity index (χ3n) is 3.39. The van der Waals surface area contributed by atoms with Crippen LogP contribution >= 0.6 is 0 Å². The van der Waals surface area contributed by atoms with Crippen molar-refractivity contribution in [3.05, 3.63) is 29.5 Å². The van der Waals surface area contributed by atoms with Crippen LogP contribution in [0.2, 0.25) is 0 Å². The number of aromatic nitrogens is 1. The topological polar surface area (TPSA) is 60.7 Å². The second kappa shape index (κ2) is 6.39. The minimum absolute atomic E-state index is 0.105. The highest BCUT2D eigenvalue weighted by Crippen LogP contribution is 2.37. The van der Waals surface area contributed by atoms with E-state index >= 15 is 0 Å². The predicted molar refractivity (Wildman–Crippen MR) is 85.6 cm³/mol. The number of aliphatic hydroxyl groups is 1. The molecule has 0 bridgehead atoms. The highest BCUT2D eigenvalue weighted by molar-refractivity contribution is 5.95. The third kappa shape index (κ3) is 3.67. The van der Waals surface area contributed by atoms with Gasteiger partial charge in [0.15, 0.2) is 0 Å². The summed E-state index contributed by atoms with van der Waals surface area (Å²) >= 11 is 0. The second-order valence-electron chi connectivity index (χ2n) is 6.59. The van der Waals surface area contributed by atoms with Gasteiger partial charge in [-0.15, -0.1) is 0 Å². The van der Waals surface area contributed by atoms with Gasteiger partial charge in [-0.05, 0) is 52.3 Å². The molecule has 0 fully saturated rings. The number of carbonyl (C=O) groups excluding carboxylic acids is 1. The Balaban J connectivity index is 2.64. The molecule has 0 aliphatic rings. The van der Waals surface area contributed by atoms with Crippen LogP contribution in [0.15, 0.2) is 18.3 Å². The van der Waals surface area contributed by atoms with Gasteiger partial charge in [0.25, 0.3) is 0 Å². The molecule has 2 rings (SSSR count). The van der Waals surface area contributed by atoms with E-state index in [9.17, 15) is 18.7 Å². The highest BCUT2D eigenvalue weighted by atomic mass is 19.3. The van der Waals surface area contributed by atoms with Crippen molar-refractivity contribution in [2.75, 3.05) is 0 Å². The lowest BCUT2D eigenvalue weighted by atomic mass is 10.0. The standard InChI is InChI=1S/C17H21F2NO4/c1-9-8-12(23-15(18)19)13(10(2)21)11-6-7-20(14(9)11)16(22)24-17(3,4)5/h6-8,10,15,21H,1-5H3. The summed E-state index contributed by atoms with van der Waals surface area (Å²) in [6, 6.07) is 2.96. The molecule has 0 aliphatic carbocycles. The summed E-state index contributed by atoms with van der Waals surface area (Å²) in [6.45, 7) is 5.37. The van der Waals surface area contributed by atoms with Gasteiger partial charge in [-0.25, -0.2) is 4.79 Å². The van der Waals surface area contributed by atoms with Crippen molar-refractivity contribution in [1.82, 2.24) is 4.57 Å². The molecule has 1 aromatic carbocycles. The Morgan fingerprint density at radius 2 is 1.96 bits per heavy atom. The lowest BCUT2D eigenvalue weighted by Gasteiger charge is -2.21. The fourth-order valence-electron chi connectivity index (χ4n) is 2.62. The molecule has 24 heavy (non-hydrogen) atoms. The van der Waals surface area contributed by atoms with Crippen LogP contribution in [0.3, 0.4) is 0 Å². The normalized spacial score (nSPS) is 13.4. The van der Waals surface area contributed by atoms with Gasteiger partial charge in [0.2, 0.25) is 0 Å². The van der Waals surface area contributed by atoms with E-state index in [0.717, 1.165) is 0 Å². The maximum atomic E-state index is 12.6. The summed E-state index contributed by atoms with van der Waals surface area (Å²) in [7, 11) is 0. The Hall–Kier alpha value is -2.15. The van der Waals surface area contributed by atoms with Crippen molar-refractivity contribution in [1.29, 1.82) is 0 Å². The lowest BCUT2D eigenvalue weighted by Crippen LogP contribution is -2.26. The van der Waals surface area contributed by atoms with E-state index in [4.69, 9.17) is 4.74 Å². The summed E-state index contributed by atoms with van der Waals surface area (Å²) in [5.41, 5.74) is 0.578. The summed E-state index contributed by atoms with van der Waals surface area (Å²) in [6.07, 6.45) is -0.139. The van der Waals surface area contributed by atoms with Crippen LogP contribution in [0.4, 0.5) is 13.6 Å². The summed E-state index contributed by atoms with van der Waals surface area (Å²) in [5.74, 6) is -0.105. The zero-order valence-electron chi connectivity index (χ0n) is 14.3. The van der Waals surface area contributed by atoms with E-state index in [1.165, 1.54) is 23.8 Å². The fourth-order valence-corrected chi connectivity index (χ4v) is 2.62. The summed E-state index contributed by atoms with van der Waals surface area (Å²) in [4.78, 5) is 12.4. The molecule has 0 saturated carbocycles. The van der Waals surface area contributed by atoms with E-state index in [2.05, 4.69) is 4.74 Å². The summed E-state index contributed by atoms with van der Waals surface area (Å²) in [5, 5.41) is 10.5. The lowest BCUT2D eigenvalue weighted by molar-refractivity contribution is -0.0513. The van der Waals surface area contributed by atoms with Crippen molar-refractivity contribution in [3.63, 3.8) is 0 Å². The second-order valence-corrected chi connectivity index (χ2v) is 6.59. The van der Waals surface area contributed by atoms with Crippen LogP contribution < -0.4 is 4.74 Å². The molecule has 0 saturated heterocycles. The zero-order valence-corrected chi connectivity index (χ0v) is 14.3. The quantitative estimate of drug-likeness (QED) is 0.899. The SMILES string of the molecule is Cc1cc(OC(F)F)c(C(C)O)c2ccn(C(=O)OC(C)(C)C)c12. The monoisotopic (exact) mass is 341 g/mol. The molecular weight excluding hydrogens is 320 g/mol. The van der Waals surface area contributed by atoms with Gasteiger partial charge in [0.1, 0.15) is 11.4 Å². The molecule has 1 N–H and O–H groups in total. The molecule has 132 valence electrons. The van der Waals surface area contributed by atoms with E-state index in [0.29, 0.717) is 16.5 Å². The number of benzene rings is 1. The first-order valence-corrected chi connectivity index (χ1v) is 7.52. The molecule has 2 aromatic rings. The van der Waals surface area contributed by atoms with Crippen LogP contribution in [0.5, 0.6) is 5.75 Å². The Morgan fingerprint density at radius 1 is 1.33 bits per heavy atom. The number of hydrogen-bond donors (Lipinski definition) is 1. The molecule has 1 aromatic heterocycles. The Kier molecular flexibility index (Phi) is 4.85. The molecule has 0 radical (unpaired) electrons. The van der Waals surface area contributed by atoms with Gasteiger partial charge in [0, 0.05) is 17.1 Å². The molecule has 0 spiro atoms. The first-order chi connectivity index (χ1) is 11.0. The van der Waals surface area contributed by atoms with Gasteiger partial charge in [-0.3, -0.25) is 4.57 Å². The average Bonchev–Trinajstić information content (AvgIpc) is 2.80. The number of hydrogen-bond acceptors (Lipinski definition) is 4. The fraction of sp³-hybridized carbons (Fsp3) is 0.471. The third-order valence-corrected chi connectivity index (χ3v) is 3.39. The Bertz CT molecular complexity index is 760. The first-order valence-electron chi connectivity index (χ1n) is 7.52. The van der Waals surface area contributed by atoms with Crippen LogP contribution in [-0.4, -0.2) is 28.0 Å². The maximum Gasteiger partial charge on any atom is 0.419 e. The Morgan fingerprint density at radius 3 is 2.46 bits per heavy atom. The number of fused-ring (bicyclic) bond motifs is 1. The zero-order chi connectivity index (χ0) is 18.2. The molecular formula is C17H21F2NO4. The van der Waals surface area contributed by atoms with E-state index in [1.807, 2.05) is 0 Å². The van der Waals surface area contributed by atoms with Crippen molar-refractivity contribution in [2.45, 2.75) is 52.9 Å². The van der Waals surface area contributed by atoms with E-state index in [-0.39, 0.29) is 11.3 Å². The maximum absolute atomic E-state index is 12.6. The number of aliphatic hydroxyl groups excluding tert-OH is 1. The summed E-state index contributed by atoms with van der Waals surface area (Å²) < 4.78 is 36.4. The molecule has 1 unspecified atom stereocenters. The smallest absolute Gasteiger partial charge is 0.419 e. The van der Waals surface area contributed by atoms with Crippen molar-refractivity contribution >= 4 is 17.0 Å².